The van der Waals surface area contributed by atoms with Gasteiger partial charge in [0.25, 0.3) is 0 Å². The molecular weight excluding hydrogens is 250 g/mol. The Labute approximate surface area is 119 Å². The standard InChI is InChI=1S/C16H19N3O/c1-12-3-2-4-13(9-12)15-5-6-18-16(19-15)10-14-11-20-8-7-17-14/h2-6,9,14,17H,7-8,10-11H2,1H3. The lowest BCUT2D eigenvalue weighted by atomic mass is 10.1. The monoisotopic (exact) mass is 269 g/mol. The Bertz CT molecular complexity index is 579. The van der Waals surface area contributed by atoms with Crippen LogP contribution in [0, 0.1) is 6.92 Å². The summed E-state index contributed by atoms with van der Waals surface area (Å²) in [5.41, 5.74) is 3.36. The lowest BCUT2D eigenvalue weighted by molar-refractivity contribution is 0.0764. The summed E-state index contributed by atoms with van der Waals surface area (Å²) in [5, 5.41) is 3.43. The lowest BCUT2D eigenvalue weighted by Crippen LogP contribution is -2.42. The number of nitrogens with zero attached hydrogens (tertiary/aromatic N) is 2. The van der Waals surface area contributed by atoms with E-state index in [2.05, 4.69) is 46.5 Å². The highest BCUT2D eigenvalue weighted by Gasteiger charge is 2.15. The largest absolute Gasteiger partial charge is 0.379 e. The van der Waals surface area contributed by atoms with Gasteiger partial charge >= 0.3 is 0 Å². The molecule has 104 valence electrons. The minimum Gasteiger partial charge on any atom is -0.379 e. The van der Waals surface area contributed by atoms with E-state index in [1.165, 1.54) is 5.56 Å². The van der Waals surface area contributed by atoms with Crippen molar-refractivity contribution in [2.24, 2.45) is 0 Å². The average Bonchev–Trinajstić information content (AvgIpc) is 2.49. The van der Waals surface area contributed by atoms with Crippen molar-refractivity contribution in [3.63, 3.8) is 0 Å². The Morgan fingerprint density at radius 1 is 1.35 bits per heavy atom. The van der Waals surface area contributed by atoms with E-state index in [4.69, 9.17) is 4.74 Å². The highest BCUT2D eigenvalue weighted by molar-refractivity contribution is 5.59. The van der Waals surface area contributed by atoms with Gasteiger partial charge in [0.05, 0.1) is 18.9 Å². The van der Waals surface area contributed by atoms with Gasteiger partial charge in [-0.1, -0.05) is 23.8 Å². The summed E-state index contributed by atoms with van der Waals surface area (Å²) >= 11 is 0. The third-order valence-electron chi connectivity index (χ3n) is 3.45. The van der Waals surface area contributed by atoms with E-state index in [0.29, 0.717) is 6.04 Å². The average molecular weight is 269 g/mol. The number of benzene rings is 1. The third kappa shape index (κ3) is 3.21. The van der Waals surface area contributed by atoms with Gasteiger partial charge in [0.2, 0.25) is 0 Å². The molecule has 3 rings (SSSR count). The van der Waals surface area contributed by atoms with E-state index in [-0.39, 0.29) is 0 Å². The second-order valence-corrected chi connectivity index (χ2v) is 5.16. The summed E-state index contributed by atoms with van der Waals surface area (Å²) in [4.78, 5) is 9.05. The number of hydrogen-bond acceptors (Lipinski definition) is 4. The molecule has 1 aliphatic heterocycles. The first kappa shape index (κ1) is 13.2. The van der Waals surface area contributed by atoms with Crippen LogP contribution in [0.5, 0.6) is 0 Å². The smallest absolute Gasteiger partial charge is 0.130 e. The first-order valence-corrected chi connectivity index (χ1v) is 7.01. The highest BCUT2D eigenvalue weighted by Crippen LogP contribution is 2.18. The first-order chi connectivity index (χ1) is 9.81. The molecule has 1 aromatic carbocycles. The fourth-order valence-electron chi connectivity index (χ4n) is 2.43. The predicted molar refractivity (Wildman–Crippen MR) is 78.5 cm³/mol. The van der Waals surface area contributed by atoms with Gasteiger partial charge in [-0.3, -0.25) is 0 Å². The molecule has 0 spiro atoms. The molecule has 0 radical (unpaired) electrons. The van der Waals surface area contributed by atoms with Gasteiger partial charge in [0.1, 0.15) is 5.82 Å². The molecular formula is C16H19N3O. The maximum Gasteiger partial charge on any atom is 0.130 e. The van der Waals surface area contributed by atoms with Crippen molar-refractivity contribution >= 4 is 0 Å². The highest BCUT2D eigenvalue weighted by atomic mass is 16.5. The summed E-state index contributed by atoms with van der Waals surface area (Å²) in [6.07, 6.45) is 2.64. The molecule has 0 saturated carbocycles. The van der Waals surface area contributed by atoms with Gasteiger partial charge < -0.3 is 10.1 Å². The van der Waals surface area contributed by atoms with Crippen molar-refractivity contribution in [3.8, 4) is 11.3 Å². The zero-order chi connectivity index (χ0) is 13.8. The molecule has 1 atom stereocenters. The van der Waals surface area contributed by atoms with Crippen molar-refractivity contribution in [1.82, 2.24) is 15.3 Å². The second-order valence-electron chi connectivity index (χ2n) is 5.16. The molecule has 1 aliphatic rings. The van der Waals surface area contributed by atoms with Gasteiger partial charge in [0, 0.05) is 30.8 Å². The Morgan fingerprint density at radius 2 is 2.30 bits per heavy atom. The van der Waals surface area contributed by atoms with E-state index in [9.17, 15) is 0 Å². The normalized spacial score (nSPS) is 18.9. The fourth-order valence-corrected chi connectivity index (χ4v) is 2.43. The van der Waals surface area contributed by atoms with Crippen LogP contribution in [0.1, 0.15) is 11.4 Å². The number of aromatic nitrogens is 2. The summed E-state index contributed by atoms with van der Waals surface area (Å²) in [6.45, 7) is 4.52. The minimum atomic E-state index is 0.316. The van der Waals surface area contributed by atoms with Crippen LogP contribution in [0.15, 0.2) is 36.5 Å². The second kappa shape index (κ2) is 6.11. The number of morpholine rings is 1. The molecule has 2 aromatic rings. The summed E-state index contributed by atoms with van der Waals surface area (Å²) in [7, 11) is 0. The Morgan fingerprint density at radius 3 is 3.10 bits per heavy atom. The van der Waals surface area contributed by atoms with Gasteiger partial charge in [0.15, 0.2) is 0 Å². The van der Waals surface area contributed by atoms with Crippen LogP contribution in [0.25, 0.3) is 11.3 Å². The first-order valence-electron chi connectivity index (χ1n) is 7.01. The van der Waals surface area contributed by atoms with Crippen molar-refractivity contribution in [2.75, 3.05) is 19.8 Å². The van der Waals surface area contributed by atoms with Crippen LogP contribution in [-0.2, 0) is 11.2 Å². The molecule has 2 heterocycles. The topological polar surface area (TPSA) is 47.0 Å². The third-order valence-corrected chi connectivity index (χ3v) is 3.45. The number of nitrogens with one attached hydrogen (secondary N) is 1. The quantitative estimate of drug-likeness (QED) is 0.925. The summed E-state index contributed by atoms with van der Waals surface area (Å²) in [5.74, 6) is 0.868. The molecule has 1 saturated heterocycles. The molecule has 0 aliphatic carbocycles. The van der Waals surface area contributed by atoms with E-state index >= 15 is 0 Å². The van der Waals surface area contributed by atoms with Gasteiger partial charge in [-0.15, -0.1) is 0 Å². The predicted octanol–water partition coefficient (Wildman–Crippen LogP) is 1.98. The van der Waals surface area contributed by atoms with E-state index in [1.807, 2.05) is 12.3 Å². The number of hydrogen-bond donors (Lipinski definition) is 1. The van der Waals surface area contributed by atoms with Crippen LogP contribution in [-0.4, -0.2) is 35.8 Å². The molecule has 1 N–H and O–H groups in total. The molecule has 20 heavy (non-hydrogen) atoms. The zero-order valence-corrected chi connectivity index (χ0v) is 11.7. The van der Waals surface area contributed by atoms with E-state index in [0.717, 1.165) is 43.3 Å². The molecule has 1 unspecified atom stereocenters. The van der Waals surface area contributed by atoms with Crippen molar-refractivity contribution in [3.05, 3.63) is 47.9 Å². The SMILES string of the molecule is Cc1cccc(-c2ccnc(CC3COCCN3)n2)c1. The fraction of sp³-hybridized carbons (Fsp3) is 0.375. The Balaban J connectivity index is 1.78. The maximum absolute atomic E-state index is 5.47. The molecule has 0 bridgehead atoms. The van der Waals surface area contributed by atoms with Crippen molar-refractivity contribution in [2.45, 2.75) is 19.4 Å². The lowest BCUT2D eigenvalue weighted by Gasteiger charge is -2.23. The number of rotatable bonds is 3. The Kier molecular flexibility index (Phi) is 4.04. The Hall–Kier alpha value is -1.78. The van der Waals surface area contributed by atoms with Crippen LogP contribution >= 0.6 is 0 Å². The van der Waals surface area contributed by atoms with E-state index < -0.39 is 0 Å². The van der Waals surface area contributed by atoms with Crippen LogP contribution in [0.2, 0.25) is 0 Å². The molecule has 4 nitrogen and oxygen atoms in total. The summed E-state index contributed by atoms with van der Waals surface area (Å²) < 4.78 is 5.47. The van der Waals surface area contributed by atoms with Gasteiger partial charge in [-0.25, -0.2) is 9.97 Å². The molecule has 1 aromatic heterocycles. The van der Waals surface area contributed by atoms with Crippen LogP contribution < -0.4 is 5.32 Å². The summed E-state index contributed by atoms with van der Waals surface area (Å²) in [6, 6.07) is 10.7. The number of ether oxygens (including phenoxy) is 1. The maximum atomic E-state index is 5.47. The van der Waals surface area contributed by atoms with Gasteiger partial charge in [-0.05, 0) is 19.1 Å². The van der Waals surface area contributed by atoms with Crippen LogP contribution in [0.3, 0.4) is 0 Å². The zero-order valence-electron chi connectivity index (χ0n) is 11.7. The molecule has 1 fully saturated rings. The van der Waals surface area contributed by atoms with Crippen LogP contribution in [0.4, 0.5) is 0 Å². The molecule has 0 amide bonds. The van der Waals surface area contributed by atoms with E-state index in [1.54, 1.807) is 0 Å². The van der Waals surface area contributed by atoms with Gasteiger partial charge in [-0.2, -0.15) is 0 Å². The number of aryl methyl sites for hydroxylation is 1. The molecule has 4 heteroatoms. The van der Waals surface area contributed by atoms with Crippen molar-refractivity contribution < 1.29 is 4.74 Å². The van der Waals surface area contributed by atoms with Crippen molar-refractivity contribution in [1.29, 1.82) is 0 Å². The minimum absolute atomic E-state index is 0.316.